The number of anilines is 2. The van der Waals surface area contributed by atoms with Crippen molar-refractivity contribution in [3.05, 3.63) is 23.2 Å². The molecule has 0 aromatic heterocycles. The molecule has 4 heteroatoms. The second kappa shape index (κ2) is 8.05. The average molecular weight is 283 g/mol. The van der Waals surface area contributed by atoms with E-state index in [9.17, 15) is 4.79 Å². The monoisotopic (exact) mass is 282 g/mol. The fourth-order valence-electron chi connectivity index (χ4n) is 1.82. The lowest BCUT2D eigenvalue weighted by molar-refractivity contribution is -0.115. The van der Waals surface area contributed by atoms with Gasteiger partial charge in [-0.15, -0.1) is 0 Å². The molecule has 0 spiro atoms. The van der Waals surface area contributed by atoms with Crippen molar-refractivity contribution in [1.29, 1.82) is 0 Å². The predicted octanol–water partition coefficient (Wildman–Crippen LogP) is 4.54. The highest BCUT2D eigenvalue weighted by atomic mass is 35.5. The van der Waals surface area contributed by atoms with Gasteiger partial charge in [0.25, 0.3) is 0 Å². The lowest BCUT2D eigenvalue weighted by atomic mass is 10.0. The standard InChI is InChI=1S/C15H23ClN2O/c1-4-11(5-2)10-17-14-9-12(7-8-13(14)16)18-15(19)6-3/h7-9,11,17H,4-6,10H2,1-3H3,(H,18,19). The number of carbonyl (C=O) groups excluding carboxylic acids is 1. The van der Waals surface area contributed by atoms with Gasteiger partial charge in [0.1, 0.15) is 0 Å². The average Bonchev–Trinajstić information content (AvgIpc) is 2.43. The van der Waals surface area contributed by atoms with Crippen molar-refractivity contribution in [1.82, 2.24) is 0 Å². The van der Waals surface area contributed by atoms with Gasteiger partial charge < -0.3 is 10.6 Å². The maximum atomic E-state index is 11.4. The van der Waals surface area contributed by atoms with Crippen LogP contribution in [-0.2, 0) is 4.79 Å². The molecule has 0 fully saturated rings. The largest absolute Gasteiger partial charge is 0.384 e. The quantitative estimate of drug-likeness (QED) is 0.771. The Bertz CT molecular complexity index is 417. The van der Waals surface area contributed by atoms with E-state index in [2.05, 4.69) is 24.5 Å². The van der Waals surface area contributed by atoms with Crippen LogP contribution in [-0.4, -0.2) is 12.5 Å². The summed E-state index contributed by atoms with van der Waals surface area (Å²) in [5, 5.41) is 6.88. The molecule has 1 amide bonds. The van der Waals surface area contributed by atoms with E-state index in [0.717, 1.165) is 30.8 Å². The number of hydrogen-bond acceptors (Lipinski definition) is 2. The summed E-state index contributed by atoms with van der Waals surface area (Å²) in [7, 11) is 0. The molecule has 3 nitrogen and oxygen atoms in total. The van der Waals surface area contributed by atoms with Crippen molar-refractivity contribution in [2.75, 3.05) is 17.2 Å². The highest BCUT2D eigenvalue weighted by Gasteiger charge is 2.07. The third kappa shape index (κ3) is 5.11. The molecule has 1 aromatic carbocycles. The highest BCUT2D eigenvalue weighted by Crippen LogP contribution is 2.26. The molecule has 0 heterocycles. The van der Waals surface area contributed by atoms with Crippen LogP contribution in [0.3, 0.4) is 0 Å². The number of nitrogens with one attached hydrogen (secondary N) is 2. The molecule has 0 aliphatic heterocycles. The van der Waals surface area contributed by atoms with Crippen LogP contribution in [0.4, 0.5) is 11.4 Å². The number of hydrogen-bond donors (Lipinski definition) is 2. The summed E-state index contributed by atoms with van der Waals surface area (Å²) >= 11 is 6.16. The van der Waals surface area contributed by atoms with Crippen LogP contribution in [0.1, 0.15) is 40.0 Å². The molecule has 0 saturated heterocycles. The van der Waals surface area contributed by atoms with Crippen LogP contribution < -0.4 is 10.6 Å². The van der Waals surface area contributed by atoms with E-state index in [-0.39, 0.29) is 5.91 Å². The highest BCUT2D eigenvalue weighted by molar-refractivity contribution is 6.33. The van der Waals surface area contributed by atoms with E-state index in [4.69, 9.17) is 11.6 Å². The van der Waals surface area contributed by atoms with Gasteiger partial charge in [-0.1, -0.05) is 45.2 Å². The topological polar surface area (TPSA) is 41.1 Å². The Hall–Kier alpha value is -1.22. The third-order valence-electron chi connectivity index (χ3n) is 3.31. The van der Waals surface area contributed by atoms with Gasteiger partial charge in [-0.3, -0.25) is 4.79 Å². The Labute approximate surface area is 120 Å². The van der Waals surface area contributed by atoms with Crippen molar-refractivity contribution in [3.8, 4) is 0 Å². The molecule has 0 radical (unpaired) electrons. The second-order valence-corrected chi connectivity index (χ2v) is 5.07. The van der Waals surface area contributed by atoms with Crippen LogP contribution in [0.15, 0.2) is 18.2 Å². The Morgan fingerprint density at radius 2 is 1.95 bits per heavy atom. The fourth-order valence-corrected chi connectivity index (χ4v) is 2.00. The first-order chi connectivity index (χ1) is 9.10. The minimum atomic E-state index is 0.00765. The molecule has 0 aliphatic rings. The van der Waals surface area contributed by atoms with E-state index < -0.39 is 0 Å². The van der Waals surface area contributed by atoms with Gasteiger partial charge >= 0.3 is 0 Å². The Balaban J connectivity index is 2.71. The van der Waals surface area contributed by atoms with Crippen LogP contribution in [0.5, 0.6) is 0 Å². The summed E-state index contributed by atoms with van der Waals surface area (Å²) in [6.07, 6.45) is 2.76. The lowest BCUT2D eigenvalue weighted by Crippen LogP contribution is -2.14. The second-order valence-electron chi connectivity index (χ2n) is 4.66. The first kappa shape index (κ1) is 15.8. The molecule has 2 N–H and O–H groups in total. The number of amides is 1. The van der Waals surface area contributed by atoms with Crippen LogP contribution in [0.25, 0.3) is 0 Å². The molecule has 0 atom stereocenters. The van der Waals surface area contributed by atoms with Crippen molar-refractivity contribution < 1.29 is 4.79 Å². The molecule has 19 heavy (non-hydrogen) atoms. The molecule has 0 aliphatic carbocycles. The number of halogens is 1. The van der Waals surface area contributed by atoms with Crippen molar-refractivity contribution in [2.24, 2.45) is 5.92 Å². The first-order valence-electron chi connectivity index (χ1n) is 6.93. The molecule has 0 saturated carbocycles. The summed E-state index contributed by atoms with van der Waals surface area (Å²) < 4.78 is 0. The van der Waals surface area contributed by atoms with Crippen molar-refractivity contribution in [3.63, 3.8) is 0 Å². The molecule has 1 aromatic rings. The van der Waals surface area contributed by atoms with Crippen molar-refractivity contribution >= 4 is 28.9 Å². The summed E-state index contributed by atoms with van der Waals surface area (Å²) in [6.45, 7) is 7.11. The van der Waals surface area contributed by atoms with E-state index in [1.165, 1.54) is 0 Å². The van der Waals surface area contributed by atoms with E-state index >= 15 is 0 Å². The van der Waals surface area contributed by atoms with Crippen LogP contribution >= 0.6 is 11.6 Å². The number of rotatable bonds is 7. The number of carbonyl (C=O) groups is 1. The first-order valence-corrected chi connectivity index (χ1v) is 7.31. The summed E-state index contributed by atoms with van der Waals surface area (Å²) in [4.78, 5) is 11.4. The zero-order chi connectivity index (χ0) is 14.3. The van der Waals surface area contributed by atoms with Crippen LogP contribution in [0, 0.1) is 5.92 Å². The summed E-state index contributed by atoms with van der Waals surface area (Å²) in [5.41, 5.74) is 1.66. The van der Waals surface area contributed by atoms with Gasteiger partial charge in [0.2, 0.25) is 5.91 Å². The molecule has 0 unspecified atom stereocenters. The molecular formula is C15H23ClN2O. The van der Waals surface area contributed by atoms with E-state index in [1.54, 1.807) is 0 Å². The summed E-state index contributed by atoms with van der Waals surface area (Å²) in [6, 6.07) is 5.51. The molecular weight excluding hydrogens is 260 g/mol. The van der Waals surface area contributed by atoms with E-state index in [0.29, 0.717) is 17.4 Å². The smallest absolute Gasteiger partial charge is 0.224 e. The van der Waals surface area contributed by atoms with Gasteiger partial charge in [0, 0.05) is 18.7 Å². The fraction of sp³-hybridized carbons (Fsp3) is 0.533. The third-order valence-corrected chi connectivity index (χ3v) is 3.64. The Morgan fingerprint density at radius 3 is 2.53 bits per heavy atom. The van der Waals surface area contributed by atoms with E-state index in [1.807, 2.05) is 25.1 Å². The maximum Gasteiger partial charge on any atom is 0.224 e. The lowest BCUT2D eigenvalue weighted by Gasteiger charge is -2.16. The molecule has 106 valence electrons. The number of benzene rings is 1. The van der Waals surface area contributed by atoms with Gasteiger partial charge in [-0.25, -0.2) is 0 Å². The Morgan fingerprint density at radius 1 is 1.26 bits per heavy atom. The van der Waals surface area contributed by atoms with Gasteiger partial charge in [0.05, 0.1) is 10.7 Å². The normalized spacial score (nSPS) is 10.6. The zero-order valence-electron chi connectivity index (χ0n) is 11.9. The van der Waals surface area contributed by atoms with Gasteiger partial charge in [-0.2, -0.15) is 0 Å². The summed E-state index contributed by atoms with van der Waals surface area (Å²) in [5.74, 6) is 0.651. The minimum Gasteiger partial charge on any atom is -0.384 e. The predicted molar refractivity (Wildman–Crippen MR) is 82.9 cm³/mol. The SMILES string of the molecule is CCC(=O)Nc1ccc(Cl)c(NCC(CC)CC)c1. The Kier molecular flexibility index (Phi) is 6.71. The maximum absolute atomic E-state index is 11.4. The molecule has 1 rings (SSSR count). The van der Waals surface area contributed by atoms with Gasteiger partial charge in [0.15, 0.2) is 0 Å². The zero-order valence-corrected chi connectivity index (χ0v) is 12.7. The van der Waals surface area contributed by atoms with Crippen LogP contribution in [0.2, 0.25) is 5.02 Å². The van der Waals surface area contributed by atoms with Gasteiger partial charge in [-0.05, 0) is 24.1 Å². The minimum absolute atomic E-state index is 0.00765. The van der Waals surface area contributed by atoms with Crippen molar-refractivity contribution in [2.45, 2.75) is 40.0 Å². The molecule has 0 bridgehead atoms.